The van der Waals surface area contributed by atoms with Crippen LogP contribution in [0.5, 0.6) is 0 Å². The SMILES string of the molecule is OC(Cc1cccc(F)c1Br)c1ccnnc1. The average Bonchev–Trinajstić information content (AvgIpc) is 2.36. The molecule has 0 bridgehead atoms. The van der Waals surface area contributed by atoms with Gasteiger partial charge in [-0.3, -0.25) is 0 Å². The molecule has 1 heterocycles. The number of rotatable bonds is 3. The molecule has 1 N–H and O–H groups in total. The molecular weight excluding hydrogens is 287 g/mol. The molecule has 2 aromatic rings. The number of aliphatic hydroxyl groups excluding tert-OH is 1. The number of halogens is 2. The first-order valence-corrected chi connectivity index (χ1v) is 5.85. The van der Waals surface area contributed by atoms with Gasteiger partial charge in [-0.15, -0.1) is 0 Å². The number of benzene rings is 1. The Morgan fingerprint density at radius 2 is 2.12 bits per heavy atom. The van der Waals surface area contributed by atoms with Crippen molar-refractivity contribution in [1.82, 2.24) is 10.2 Å². The van der Waals surface area contributed by atoms with Gasteiger partial charge in [0.05, 0.1) is 16.8 Å². The highest BCUT2D eigenvalue weighted by Gasteiger charge is 2.12. The lowest BCUT2D eigenvalue weighted by molar-refractivity contribution is 0.177. The highest BCUT2D eigenvalue weighted by atomic mass is 79.9. The van der Waals surface area contributed by atoms with Crippen molar-refractivity contribution < 1.29 is 9.50 Å². The lowest BCUT2D eigenvalue weighted by Gasteiger charge is -2.11. The predicted octanol–water partition coefficient (Wildman–Crippen LogP) is 2.65. The minimum atomic E-state index is -0.719. The van der Waals surface area contributed by atoms with Gasteiger partial charge in [0.15, 0.2) is 0 Å². The number of hydrogen-bond acceptors (Lipinski definition) is 3. The first-order chi connectivity index (χ1) is 8.18. The smallest absolute Gasteiger partial charge is 0.137 e. The van der Waals surface area contributed by atoms with Crippen LogP contribution in [0.1, 0.15) is 17.2 Å². The Kier molecular flexibility index (Phi) is 3.81. The quantitative estimate of drug-likeness (QED) is 0.947. The van der Waals surface area contributed by atoms with Gasteiger partial charge >= 0.3 is 0 Å². The molecule has 5 heteroatoms. The van der Waals surface area contributed by atoms with Gasteiger partial charge in [0.2, 0.25) is 0 Å². The number of aliphatic hydroxyl groups is 1. The fourth-order valence-corrected chi connectivity index (χ4v) is 1.96. The topological polar surface area (TPSA) is 46.0 Å². The molecule has 0 aliphatic heterocycles. The fraction of sp³-hybridized carbons (Fsp3) is 0.167. The van der Waals surface area contributed by atoms with Crippen LogP contribution in [0.15, 0.2) is 41.1 Å². The monoisotopic (exact) mass is 296 g/mol. The Morgan fingerprint density at radius 1 is 1.29 bits per heavy atom. The maximum atomic E-state index is 13.3. The van der Waals surface area contributed by atoms with Gasteiger partial charge in [-0.1, -0.05) is 12.1 Å². The molecule has 0 aliphatic carbocycles. The molecule has 0 spiro atoms. The molecule has 0 fully saturated rings. The van der Waals surface area contributed by atoms with Crippen molar-refractivity contribution in [2.75, 3.05) is 0 Å². The van der Waals surface area contributed by atoms with Crippen LogP contribution in [-0.2, 0) is 6.42 Å². The first-order valence-electron chi connectivity index (χ1n) is 5.06. The molecule has 1 aromatic carbocycles. The second-order valence-corrected chi connectivity index (χ2v) is 4.40. The number of hydrogen-bond donors (Lipinski definition) is 1. The van der Waals surface area contributed by atoms with Crippen molar-refractivity contribution in [3.8, 4) is 0 Å². The van der Waals surface area contributed by atoms with E-state index in [0.717, 1.165) is 0 Å². The van der Waals surface area contributed by atoms with Crippen LogP contribution in [0.2, 0.25) is 0 Å². The van der Waals surface area contributed by atoms with Gasteiger partial charge in [-0.25, -0.2) is 4.39 Å². The van der Waals surface area contributed by atoms with Crippen LogP contribution in [0.4, 0.5) is 4.39 Å². The van der Waals surface area contributed by atoms with Crippen molar-refractivity contribution in [2.45, 2.75) is 12.5 Å². The summed E-state index contributed by atoms with van der Waals surface area (Å²) in [4.78, 5) is 0. The standard InChI is InChI=1S/C12H10BrFN2O/c13-12-8(2-1-3-10(12)14)6-11(17)9-4-5-15-16-7-9/h1-5,7,11,17H,6H2. The highest BCUT2D eigenvalue weighted by molar-refractivity contribution is 9.10. The second kappa shape index (κ2) is 5.33. The van der Waals surface area contributed by atoms with E-state index in [-0.39, 0.29) is 5.82 Å². The Labute approximate surface area is 106 Å². The van der Waals surface area contributed by atoms with E-state index in [1.165, 1.54) is 18.5 Å². The van der Waals surface area contributed by atoms with E-state index in [1.807, 2.05) is 0 Å². The third-order valence-electron chi connectivity index (χ3n) is 2.44. The molecule has 1 atom stereocenters. The molecule has 0 saturated heterocycles. The Hall–Kier alpha value is -1.33. The summed E-state index contributed by atoms with van der Waals surface area (Å²) in [5, 5.41) is 17.3. The Bertz CT molecular complexity index is 507. The third-order valence-corrected chi connectivity index (χ3v) is 3.32. The van der Waals surface area contributed by atoms with Crippen LogP contribution in [0.25, 0.3) is 0 Å². The molecule has 0 radical (unpaired) electrons. The van der Waals surface area contributed by atoms with E-state index in [9.17, 15) is 9.50 Å². The predicted molar refractivity (Wildman–Crippen MR) is 64.8 cm³/mol. The van der Waals surface area contributed by atoms with Gasteiger partial charge in [0.25, 0.3) is 0 Å². The average molecular weight is 297 g/mol. The number of aromatic nitrogens is 2. The maximum absolute atomic E-state index is 13.3. The summed E-state index contributed by atoms with van der Waals surface area (Å²) in [6.07, 6.45) is 2.62. The lowest BCUT2D eigenvalue weighted by atomic mass is 10.0. The van der Waals surface area contributed by atoms with E-state index in [1.54, 1.807) is 18.2 Å². The normalized spacial score (nSPS) is 12.4. The Morgan fingerprint density at radius 3 is 2.82 bits per heavy atom. The molecule has 1 aromatic heterocycles. The summed E-state index contributed by atoms with van der Waals surface area (Å²) in [5.41, 5.74) is 1.38. The fourth-order valence-electron chi connectivity index (χ4n) is 1.53. The van der Waals surface area contributed by atoms with E-state index in [0.29, 0.717) is 22.0 Å². The van der Waals surface area contributed by atoms with Gasteiger partial charge in [-0.05, 0) is 33.6 Å². The summed E-state index contributed by atoms with van der Waals surface area (Å²) in [6.45, 7) is 0. The van der Waals surface area contributed by atoms with Gasteiger partial charge < -0.3 is 5.11 Å². The minimum absolute atomic E-state index is 0.323. The highest BCUT2D eigenvalue weighted by Crippen LogP contribution is 2.25. The van der Waals surface area contributed by atoms with Crippen molar-refractivity contribution in [3.63, 3.8) is 0 Å². The molecule has 88 valence electrons. The summed E-state index contributed by atoms with van der Waals surface area (Å²) in [7, 11) is 0. The molecule has 2 rings (SSSR count). The Balaban J connectivity index is 2.19. The largest absolute Gasteiger partial charge is 0.388 e. The second-order valence-electron chi connectivity index (χ2n) is 3.61. The molecule has 3 nitrogen and oxygen atoms in total. The van der Waals surface area contributed by atoms with E-state index < -0.39 is 6.10 Å². The van der Waals surface area contributed by atoms with Gasteiger partial charge in [0, 0.05) is 18.2 Å². The van der Waals surface area contributed by atoms with Gasteiger partial charge in [-0.2, -0.15) is 10.2 Å². The van der Waals surface area contributed by atoms with Crippen molar-refractivity contribution >= 4 is 15.9 Å². The zero-order valence-corrected chi connectivity index (χ0v) is 10.4. The molecule has 0 aliphatic rings. The summed E-state index contributed by atoms with van der Waals surface area (Å²) >= 11 is 3.17. The van der Waals surface area contributed by atoms with Crippen molar-refractivity contribution in [2.24, 2.45) is 0 Å². The van der Waals surface area contributed by atoms with Crippen molar-refractivity contribution in [1.29, 1.82) is 0 Å². The van der Waals surface area contributed by atoms with E-state index >= 15 is 0 Å². The maximum Gasteiger partial charge on any atom is 0.137 e. The van der Waals surface area contributed by atoms with Crippen LogP contribution >= 0.6 is 15.9 Å². The molecule has 0 saturated carbocycles. The number of nitrogens with zero attached hydrogens (tertiary/aromatic N) is 2. The molecule has 0 amide bonds. The van der Waals surface area contributed by atoms with E-state index in [2.05, 4.69) is 26.1 Å². The van der Waals surface area contributed by atoms with Gasteiger partial charge in [0.1, 0.15) is 5.82 Å². The summed E-state index contributed by atoms with van der Waals surface area (Å²) in [5.74, 6) is -0.331. The van der Waals surface area contributed by atoms with Crippen molar-refractivity contribution in [3.05, 3.63) is 58.1 Å². The van der Waals surface area contributed by atoms with Crippen LogP contribution < -0.4 is 0 Å². The lowest BCUT2D eigenvalue weighted by Crippen LogP contribution is -2.03. The summed E-state index contributed by atoms with van der Waals surface area (Å²) < 4.78 is 13.7. The van der Waals surface area contributed by atoms with Crippen LogP contribution in [0, 0.1) is 5.82 Å². The molecular formula is C12H10BrFN2O. The minimum Gasteiger partial charge on any atom is -0.388 e. The first kappa shape index (κ1) is 12.1. The van der Waals surface area contributed by atoms with Crippen LogP contribution in [0.3, 0.4) is 0 Å². The summed E-state index contributed by atoms with van der Waals surface area (Å²) in [6, 6.07) is 6.44. The van der Waals surface area contributed by atoms with E-state index in [4.69, 9.17) is 0 Å². The zero-order chi connectivity index (χ0) is 12.3. The third kappa shape index (κ3) is 2.87. The molecule has 17 heavy (non-hydrogen) atoms. The molecule has 1 unspecified atom stereocenters. The van der Waals surface area contributed by atoms with Crippen LogP contribution in [-0.4, -0.2) is 15.3 Å². The zero-order valence-electron chi connectivity index (χ0n) is 8.85.